The molecule has 2 atom stereocenters. The molecule has 4 rings (SSSR count). The third-order valence-electron chi connectivity index (χ3n) is 5.61. The molecule has 2 unspecified atom stereocenters. The van der Waals surface area contributed by atoms with Crippen molar-refractivity contribution in [3.8, 4) is 5.69 Å². The molecule has 2 aromatic carbocycles. The van der Waals surface area contributed by atoms with Crippen LogP contribution in [0.2, 0.25) is 0 Å². The van der Waals surface area contributed by atoms with Crippen LogP contribution in [0.3, 0.4) is 0 Å². The Morgan fingerprint density at radius 3 is 2.22 bits per heavy atom. The van der Waals surface area contributed by atoms with Crippen LogP contribution in [0, 0.1) is 19.8 Å². The Morgan fingerprint density at radius 2 is 1.59 bits per heavy atom. The number of hydrogen-bond acceptors (Lipinski definition) is 3. The number of nitrogens with zero attached hydrogens (tertiary/aromatic N) is 1. The van der Waals surface area contributed by atoms with Crippen molar-refractivity contribution in [2.24, 2.45) is 5.92 Å². The van der Waals surface area contributed by atoms with Gasteiger partial charge in [-0.1, -0.05) is 53.9 Å². The summed E-state index contributed by atoms with van der Waals surface area (Å²) in [6, 6.07) is 17.1. The minimum Gasteiger partial charge on any atom is -0.851 e. The minimum atomic E-state index is -1.06. The van der Waals surface area contributed by atoms with Gasteiger partial charge in [-0.3, -0.25) is 9.89 Å². The van der Waals surface area contributed by atoms with Crippen LogP contribution >= 0.6 is 0 Å². The second-order valence-corrected chi connectivity index (χ2v) is 7.44. The van der Waals surface area contributed by atoms with Crippen molar-refractivity contribution in [2.45, 2.75) is 38.4 Å². The molecule has 1 saturated carbocycles. The highest BCUT2D eigenvalue weighted by atomic mass is 16.3. The van der Waals surface area contributed by atoms with Crippen molar-refractivity contribution in [3.63, 3.8) is 0 Å². The summed E-state index contributed by atoms with van der Waals surface area (Å²) >= 11 is 0. The number of para-hydroxylation sites is 1. The van der Waals surface area contributed by atoms with Crippen LogP contribution in [0.1, 0.15) is 28.3 Å². The molecule has 1 fully saturated rings. The number of benzene rings is 2. The first-order valence-corrected chi connectivity index (χ1v) is 9.21. The third kappa shape index (κ3) is 3.03. The van der Waals surface area contributed by atoms with Crippen molar-refractivity contribution < 1.29 is 10.2 Å². The second kappa shape index (κ2) is 6.83. The van der Waals surface area contributed by atoms with Gasteiger partial charge in [-0.05, 0) is 43.9 Å². The first-order chi connectivity index (χ1) is 13.0. The molecule has 0 bridgehead atoms. The molecule has 1 N–H and O–H groups in total. The van der Waals surface area contributed by atoms with E-state index >= 15 is 0 Å². The maximum Gasteiger partial charge on any atom is 0.274 e. The lowest BCUT2D eigenvalue weighted by atomic mass is 9.64. The van der Waals surface area contributed by atoms with Gasteiger partial charge >= 0.3 is 0 Å². The van der Waals surface area contributed by atoms with Gasteiger partial charge in [-0.15, -0.1) is 12.2 Å². The monoisotopic (exact) mass is 362 g/mol. The summed E-state index contributed by atoms with van der Waals surface area (Å²) in [4.78, 5) is 12.9. The number of hydrogen-bond donors (Lipinski definition) is 1. The molecule has 27 heavy (non-hydrogen) atoms. The van der Waals surface area contributed by atoms with E-state index in [-0.39, 0.29) is 5.56 Å². The van der Waals surface area contributed by atoms with E-state index in [2.05, 4.69) is 5.10 Å². The number of aromatic amines is 1. The van der Waals surface area contributed by atoms with Crippen molar-refractivity contribution in [1.82, 2.24) is 9.78 Å². The molecule has 0 radical (unpaired) electrons. The van der Waals surface area contributed by atoms with Crippen LogP contribution in [0.25, 0.3) is 5.69 Å². The van der Waals surface area contributed by atoms with Gasteiger partial charge in [0, 0.05) is 11.3 Å². The van der Waals surface area contributed by atoms with E-state index in [0.717, 1.165) is 11.1 Å². The van der Waals surface area contributed by atoms with Crippen LogP contribution < -0.4 is 15.8 Å². The molecule has 1 aromatic heterocycles. The molecule has 5 nitrogen and oxygen atoms in total. The Labute approximate surface area is 157 Å². The highest BCUT2D eigenvalue weighted by molar-refractivity contribution is 5.36. The van der Waals surface area contributed by atoms with E-state index in [4.69, 9.17) is 0 Å². The number of rotatable bonds is 4. The zero-order valence-corrected chi connectivity index (χ0v) is 15.4. The maximum atomic E-state index is 12.9. The Kier molecular flexibility index (Phi) is 4.50. The molecule has 0 spiro atoms. The zero-order valence-electron chi connectivity index (χ0n) is 15.4. The molecule has 0 aliphatic heterocycles. The molecule has 140 valence electrons. The minimum absolute atomic E-state index is 0.292. The summed E-state index contributed by atoms with van der Waals surface area (Å²) in [6.45, 7) is 3.76. The average Bonchev–Trinajstić information content (AvgIpc) is 2.97. The summed E-state index contributed by atoms with van der Waals surface area (Å²) in [5, 5.41) is 28.6. The number of aromatic nitrogens is 2. The molecular weight excluding hydrogens is 340 g/mol. The summed E-state index contributed by atoms with van der Waals surface area (Å²) in [6.07, 6.45) is -1.64. The van der Waals surface area contributed by atoms with Crippen LogP contribution in [0.4, 0.5) is 0 Å². The first kappa shape index (κ1) is 17.8. The van der Waals surface area contributed by atoms with Gasteiger partial charge in [0.25, 0.3) is 5.56 Å². The summed E-state index contributed by atoms with van der Waals surface area (Å²) in [7, 11) is 0. The van der Waals surface area contributed by atoms with Crippen molar-refractivity contribution in [3.05, 3.63) is 87.3 Å². The van der Waals surface area contributed by atoms with Gasteiger partial charge in [-0.25, -0.2) is 4.68 Å². The van der Waals surface area contributed by atoms with Gasteiger partial charge in [0.1, 0.15) is 0 Å². The quantitative estimate of drug-likeness (QED) is 0.757. The Morgan fingerprint density at radius 1 is 0.963 bits per heavy atom. The fourth-order valence-corrected chi connectivity index (χ4v) is 4.03. The van der Waals surface area contributed by atoms with Gasteiger partial charge in [0.2, 0.25) is 0 Å². The van der Waals surface area contributed by atoms with E-state index in [0.29, 0.717) is 23.4 Å². The molecular formula is C22H22N2O3-2. The Hall–Kier alpha value is -2.63. The fourth-order valence-electron chi connectivity index (χ4n) is 4.03. The van der Waals surface area contributed by atoms with Gasteiger partial charge in [0.05, 0.1) is 5.69 Å². The van der Waals surface area contributed by atoms with Crippen molar-refractivity contribution >= 4 is 0 Å². The smallest absolute Gasteiger partial charge is 0.274 e. The standard InChI is InChI=1S/C22H22N2O3/c1-13-8-10-15(11-9-13)12-17-20(25)19(21(17)26)18-14(2)23-24(22(18)27)16-6-4-3-5-7-16/h3-11,17,19-21,23H,12H2,1-2H3/q-2. The lowest BCUT2D eigenvalue weighted by Crippen LogP contribution is -2.66. The molecule has 5 heteroatoms. The molecule has 1 heterocycles. The van der Waals surface area contributed by atoms with E-state index < -0.39 is 24.0 Å². The van der Waals surface area contributed by atoms with Crippen LogP contribution in [0.15, 0.2) is 59.4 Å². The molecule has 0 amide bonds. The zero-order chi connectivity index (χ0) is 19.1. The maximum absolute atomic E-state index is 12.9. The Balaban J connectivity index is 1.59. The van der Waals surface area contributed by atoms with Gasteiger partial charge in [0.15, 0.2) is 0 Å². The van der Waals surface area contributed by atoms with Crippen molar-refractivity contribution in [2.75, 3.05) is 0 Å². The predicted molar refractivity (Wildman–Crippen MR) is 99.8 cm³/mol. The largest absolute Gasteiger partial charge is 0.851 e. The summed E-state index contributed by atoms with van der Waals surface area (Å²) < 4.78 is 1.41. The average molecular weight is 362 g/mol. The SMILES string of the molecule is Cc1ccc(CC2C([O-])C(c3c(C)[nH]n(-c4ccccc4)c3=O)C2[O-])cc1. The second-order valence-electron chi connectivity index (χ2n) is 7.44. The predicted octanol–water partition coefficient (Wildman–Crippen LogP) is 1.20. The summed E-state index contributed by atoms with van der Waals surface area (Å²) in [5.74, 6) is -1.27. The van der Waals surface area contributed by atoms with E-state index in [1.165, 1.54) is 4.68 Å². The fraction of sp³-hybridized carbons (Fsp3) is 0.318. The topological polar surface area (TPSA) is 83.9 Å². The van der Waals surface area contributed by atoms with Crippen LogP contribution in [-0.4, -0.2) is 22.0 Å². The molecule has 3 aromatic rings. The first-order valence-electron chi connectivity index (χ1n) is 9.21. The highest BCUT2D eigenvalue weighted by Crippen LogP contribution is 2.40. The summed E-state index contributed by atoms with van der Waals surface area (Å²) in [5.41, 5.74) is 3.49. The number of nitrogens with one attached hydrogen (secondary N) is 1. The van der Waals surface area contributed by atoms with Crippen molar-refractivity contribution in [1.29, 1.82) is 0 Å². The number of H-pyrrole nitrogens is 1. The Bertz CT molecular complexity index is 979. The van der Waals surface area contributed by atoms with Crippen LogP contribution in [-0.2, 0) is 6.42 Å². The molecule has 1 aliphatic rings. The molecule has 0 saturated heterocycles. The van der Waals surface area contributed by atoms with E-state index in [1.807, 2.05) is 61.5 Å². The third-order valence-corrected chi connectivity index (χ3v) is 5.61. The highest BCUT2D eigenvalue weighted by Gasteiger charge is 2.40. The van der Waals surface area contributed by atoms with Crippen LogP contribution in [0.5, 0.6) is 0 Å². The molecule has 1 aliphatic carbocycles. The lowest BCUT2D eigenvalue weighted by Gasteiger charge is -2.61. The lowest BCUT2D eigenvalue weighted by molar-refractivity contribution is -0.549. The van der Waals surface area contributed by atoms with E-state index in [1.54, 1.807) is 6.92 Å². The normalized spacial score (nSPS) is 24.6. The van der Waals surface area contributed by atoms with Gasteiger partial charge < -0.3 is 10.2 Å². The van der Waals surface area contributed by atoms with Gasteiger partial charge in [-0.2, -0.15) is 0 Å². The van der Waals surface area contributed by atoms with E-state index in [9.17, 15) is 15.0 Å². The number of aryl methyl sites for hydroxylation is 2.